The molecule has 0 saturated heterocycles. The van der Waals surface area contributed by atoms with Crippen LogP contribution >= 0.6 is 0 Å². The number of rotatable bonds is 5. The second-order valence-electron chi connectivity index (χ2n) is 9.08. The van der Waals surface area contributed by atoms with Gasteiger partial charge >= 0.3 is 0 Å². The van der Waals surface area contributed by atoms with Crippen LogP contribution in [0.5, 0.6) is 5.75 Å². The van der Waals surface area contributed by atoms with E-state index in [1.165, 1.54) is 5.56 Å². The molecule has 4 rings (SSSR count). The maximum Gasteiger partial charge on any atom is 0.197 e. The maximum absolute atomic E-state index is 13.0. The molecule has 162 valence electrons. The average Bonchev–Trinajstić information content (AvgIpc) is 2.78. The van der Waals surface area contributed by atoms with Crippen molar-refractivity contribution in [2.75, 3.05) is 0 Å². The van der Waals surface area contributed by atoms with Crippen LogP contribution in [0.4, 0.5) is 0 Å². The van der Waals surface area contributed by atoms with Crippen molar-refractivity contribution in [1.82, 2.24) is 0 Å². The molecule has 0 unspecified atom stereocenters. The van der Waals surface area contributed by atoms with Gasteiger partial charge in [-0.05, 0) is 52.8 Å². The third-order valence-corrected chi connectivity index (χ3v) is 5.50. The highest BCUT2D eigenvalue weighted by atomic mass is 16.5. The van der Waals surface area contributed by atoms with Gasteiger partial charge in [-0.2, -0.15) is 0 Å². The van der Waals surface area contributed by atoms with E-state index in [1.54, 1.807) is 18.2 Å². The second kappa shape index (κ2) is 8.88. The highest BCUT2D eigenvalue weighted by Crippen LogP contribution is 2.28. The SMILES string of the molecule is C/C(=C/c1ccc(C(C)(C)C)cc1)c1cc(=O)c2c(OCc3ccccc3)cccc2o1. The summed E-state index contributed by atoms with van der Waals surface area (Å²) < 4.78 is 12.0. The molecule has 0 atom stereocenters. The third kappa shape index (κ3) is 4.83. The van der Waals surface area contributed by atoms with Gasteiger partial charge in [0, 0.05) is 6.07 Å². The molecule has 4 aromatic rings. The fourth-order valence-electron chi connectivity index (χ4n) is 3.63. The highest BCUT2D eigenvalue weighted by molar-refractivity contribution is 5.86. The first-order valence-electron chi connectivity index (χ1n) is 10.8. The van der Waals surface area contributed by atoms with E-state index in [-0.39, 0.29) is 10.8 Å². The van der Waals surface area contributed by atoms with Crippen LogP contribution in [0, 0.1) is 0 Å². The molecule has 0 bridgehead atoms. The lowest BCUT2D eigenvalue weighted by atomic mass is 9.86. The molecule has 32 heavy (non-hydrogen) atoms. The molecule has 3 aromatic carbocycles. The van der Waals surface area contributed by atoms with Crippen LogP contribution in [-0.2, 0) is 12.0 Å². The molecule has 0 radical (unpaired) electrons. The molecule has 0 fully saturated rings. The number of hydrogen-bond donors (Lipinski definition) is 0. The summed E-state index contributed by atoms with van der Waals surface area (Å²) in [7, 11) is 0. The van der Waals surface area contributed by atoms with E-state index in [1.807, 2.05) is 49.4 Å². The van der Waals surface area contributed by atoms with E-state index in [9.17, 15) is 4.79 Å². The average molecular weight is 425 g/mol. The molecule has 0 aliphatic heterocycles. The van der Waals surface area contributed by atoms with Crippen LogP contribution in [0.2, 0.25) is 0 Å². The minimum Gasteiger partial charge on any atom is -0.488 e. The van der Waals surface area contributed by atoms with Gasteiger partial charge in [-0.15, -0.1) is 0 Å². The van der Waals surface area contributed by atoms with E-state index in [0.717, 1.165) is 16.7 Å². The topological polar surface area (TPSA) is 39.4 Å². The minimum absolute atomic E-state index is 0.110. The molecule has 0 amide bonds. The van der Waals surface area contributed by atoms with Gasteiger partial charge < -0.3 is 9.15 Å². The summed E-state index contributed by atoms with van der Waals surface area (Å²) in [4.78, 5) is 13.0. The number of ether oxygens (including phenoxy) is 1. The number of benzene rings is 3. The summed E-state index contributed by atoms with van der Waals surface area (Å²) in [6.45, 7) is 8.95. The smallest absolute Gasteiger partial charge is 0.197 e. The van der Waals surface area contributed by atoms with E-state index in [4.69, 9.17) is 9.15 Å². The van der Waals surface area contributed by atoms with E-state index < -0.39 is 0 Å². The van der Waals surface area contributed by atoms with E-state index >= 15 is 0 Å². The van der Waals surface area contributed by atoms with Crippen molar-refractivity contribution in [2.24, 2.45) is 0 Å². The lowest BCUT2D eigenvalue weighted by Gasteiger charge is -2.18. The van der Waals surface area contributed by atoms with Crippen LogP contribution < -0.4 is 10.2 Å². The summed E-state index contributed by atoms with van der Waals surface area (Å²) in [5.41, 5.74) is 4.81. The van der Waals surface area contributed by atoms with Crippen molar-refractivity contribution in [3.05, 3.63) is 112 Å². The molecule has 3 heteroatoms. The van der Waals surface area contributed by atoms with Gasteiger partial charge in [0.1, 0.15) is 29.1 Å². The molecule has 0 saturated carbocycles. The van der Waals surface area contributed by atoms with E-state index in [0.29, 0.717) is 29.1 Å². The predicted octanol–water partition coefficient (Wildman–Crippen LogP) is 7.23. The Bertz CT molecular complexity index is 1300. The van der Waals surface area contributed by atoms with Crippen LogP contribution in [0.25, 0.3) is 22.6 Å². The molecule has 0 N–H and O–H groups in total. The maximum atomic E-state index is 13.0. The van der Waals surface area contributed by atoms with Crippen molar-refractivity contribution in [3.63, 3.8) is 0 Å². The lowest BCUT2D eigenvalue weighted by Crippen LogP contribution is -2.10. The first kappa shape index (κ1) is 21.6. The van der Waals surface area contributed by atoms with Crippen molar-refractivity contribution < 1.29 is 9.15 Å². The number of fused-ring (bicyclic) bond motifs is 1. The Hall–Kier alpha value is -3.59. The Balaban J connectivity index is 1.63. The molecular weight excluding hydrogens is 396 g/mol. The molecule has 0 aliphatic carbocycles. The van der Waals surface area contributed by atoms with Gasteiger partial charge in [-0.3, -0.25) is 4.79 Å². The summed E-state index contributed by atoms with van der Waals surface area (Å²) in [5, 5.41) is 0.467. The van der Waals surface area contributed by atoms with Gasteiger partial charge in [0.25, 0.3) is 0 Å². The van der Waals surface area contributed by atoms with Gasteiger partial charge in [-0.1, -0.05) is 81.4 Å². The molecule has 0 spiro atoms. The van der Waals surface area contributed by atoms with Crippen LogP contribution in [-0.4, -0.2) is 0 Å². The Morgan fingerprint density at radius 2 is 1.66 bits per heavy atom. The van der Waals surface area contributed by atoms with Crippen molar-refractivity contribution >= 4 is 22.6 Å². The summed E-state index contributed by atoms with van der Waals surface area (Å²) in [6.07, 6.45) is 2.03. The molecule has 1 heterocycles. The number of allylic oxidation sites excluding steroid dienone is 1. The zero-order valence-corrected chi connectivity index (χ0v) is 19.0. The third-order valence-electron chi connectivity index (χ3n) is 5.50. The zero-order valence-electron chi connectivity index (χ0n) is 19.0. The predicted molar refractivity (Wildman–Crippen MR) is 132 cm³/mol. The molecular formula is C29H28O3. The highest BCUT2D eigenvalue weighted by Gasteiger charge is 2.14. The standard InChI is InChI=1S/C29H28O3/c1-20(17-21-13-15-23(16-14-21)29(2,3)4)27-18-24(30)28-25(11-8-12-26(28)32-27)31-19-22-9-6-5-7-10-22/h5-18H,19H2,1-4H3/b20-17-. The first-order chi connectivity index (χ1) is 15.3. The van der Waals surface area contributed by atoms with Gasteiger partial charge in [0.2, 0.25) is 0 Å². The lowest BCUT2D eigenvalue weighted by molar-refractivity contribution is 0.309. The fourth-order valence-corrected chi connectivity index (χ4v) is 3.63. The Labute approximate surface area is 189 Å². The first-order valence-corrected chi connectivity index (χ1v) is 10.8. The summed E-state index contributed by atoms with van der Waals surface area (Å²) in [5.74, 6) is 1.09. The molecule has 0 aliphatic rings. The van der Waals surface area contributed by atoms with Gasteiger partial charge in [0.15, 0.2) is 5.43 Å². The summed E-state index contributed by atoms with van der Waals surface area (Å²) in [6, 6.07) is 25.4. The fraction of sp³-hybridized carbons (Fsp3) is 0.207. The minimum atomic E-state index is -0.110. The monoisotopic (exact) mass is 424 g/mol. The summed E-state index contributed by atoms with van der Waals surface area (Å²) >= 11 is 0. The Morgan fingerprint density at radius 1 is 0.938 bits per heavy atom. The van der Waals surface area contributed by atoms with Crippen LogP contribution in [0.3, 0.4) is 0 Å². The Kier molecular flexibility index (Phi) is 6.00. The van der Waals surface area contributed by atoms with Gasteiger partial charge in [0.05, 0.1) is 0 Å². The van der Waals surface area contributed by atoms with Crippen LogP contribution in [0.1, 0.15) is 50.1 Å². The van der Waals surface area contributed by atoms with Crippen molar-refractivity contribution in [1.29, 1.82) is 0 Å². The second-order valence-corrected chi connectivity index (χ2v) is 9.08. The Morgan fingerprint density at radius 3 is 2.34 bits per heavy atom. The van der Waals surface area contributed by atoms with E-state index in [2.05, 4.69) is 45.0 Å². The zero-order chi connectivity index (χ0) is 22.7. The molecule has 3 nitrogen and oxygen atoms in total. The van der Waals surface area contributed by atoms with Crippen molar-refractivity contribution in [2.45, 2.75) is 39.7 Å². The largest absolute Gasteiger partial charge is 0.488 e. The molecule has 1 aromatic heterocycles. The van der Waals surface area contributed by atoms with Crippen LogP contribution in [0.15, 0.2) is 88.1 Å². The van der Waals surface area contributed by atoms with Gasteiger partial charge in [-0.25, -0.2) is 0 Å². The number of hydrogen-bond acceptors (Lipinski definition) is 3. The van der Waals surface area contributed by atoms with Crippen molar-refractivity contribution in [3.8, 4) is 5.75 Å². The normalized spacial score (nSPS) is 12.2. The quantitative estimate of drug-likeness (QED) is 0.339.